The third kappa shape index (κ3) is 5.86. The van der Waals surface area contributed by atoms with E-state index in [4.69, 9.17) is 23.2 Å². The van der Waals surface area contributed by atoms with Crippen LogP contribution in [0, 0.1) is 13.8 Å². The Labute approximate surface area is 151 Å². The number of amides is 2. The van der Waals surface area contributed by atoms with E-state index in [9.17, 15) is 9.59 Å². The number of benzene rings is 1. The zero-order valence-electron chi connectivity index (χ0n) is 13.6. The minimum atomic E-state index is -0.480. The number of nitrogens with two attached hydrogens (primary N) is 1. The molecule has 0 saturated heterocycles. The summed E-state index contributed by atoms with van der Waals surface area (Å²) >= 11 is 10.6. The fraction of sp³-hybridized carbons (Fsp3) is 0.312. The lowest BCUT2D eigenvalue weighted by molar-refractivity contribution is -0.117. The highest BCUT2D eigenvalue weighted by Gasteiger charge is 2.19. The molecule has 0 bridgehead atoms. The Morgan fingerprint density at radius 3 is 2.17 bits per heavy atom. The lowest BCUT2D eigenvalue weighted by Gasteiger charge is -2.25. The molecular weight excluding hydrogens is 351 g/mol. The van der Waals surface area contributed by atoms with Crippen molar-refractivity contribution in [1.29, 1.82) is 0 Å². The first-order valence-corrected chi connectivity index (χ1v) is 8.21. The van der Waals surface area contributed by atoms with Gasteiger partial charge in [-0.05, 0) is 31.0 Å². The van der Waals surface area contributed by atoms with Gasteiger partial charge >= 0.3 is 0 Å². The Morgan fingerprint density at radius 1 is 1.17 bits per heavy atom. The summed E-state index contributed by atoms with van der Waals surface area (Å²) in [5.74, 6) is -0.740. The molecule has 0 aliphatic rings. The molecule has 0 radical (unpaired) electrons. The summed E-state index contributed by atoms with van der Waals surface area (Å²) in [6, 6.07) is 7.78. The molecule has 8 heteroatoms. The zero-order chi connectivity index (χ0) is 18.1. The largest absolute Gasteiger partial charge is 0.369 e. The molecule has 0 aliphatic heterocycles. The Bertz CT molecular complexity index is 654. The number of alkyl halides is 2. The Kier molecular flexibility index (Phi) is 8.29. The van der Waals surface area contributed by atoms with Gasteiger partial charge in [-0.2, -0.15) is 5.10 Å². The highest BCUT2D eigenvalue weighted by molar-refractivity contribution is 6.29. The van der Waals surface area contributed by atoms with Crippen molar-refractivity contribution < 1.29 is 9.59 Å². The van der Waals surface area contributed by atoms with E-state index in [1.165, 1.54) is 0 Å². The van der Waals surface area contributed by atoms with E-state index in [0.717, 1.165) is 16.8 Å². The van der Waals surface area contributed by atoms with E-state index in [1.54, 1.807) is 15.8 Å². The van der Waals surface area contributed by atoms with Gasteiger partial charge in [0.1, 0.15) is 18.4 Å². The quantitative estimate of drug-likeness (QED) is 0.820. The maximum atomic E-state index is 12.1. The van der Waals surface area contributed by atoms with Crippen molar-refractivity contribution in [3.05, 3.63) is 47.8 Å². The Morgan fingerprint density at radius 2 is 1.75 bits per heavy atom. The molecule has 6 nitrogen and oxygen atoms in total. The second-order valence-corrected chi connectivity index (χ2v) is 5.52. The van der Waals surface area contributed by atoms with Gasteiger partial charge < -0.3 is 5.73 Å². The van der Waals surface area contributed by atoms with Crippen LogP contribution in [0.2, 0.25) is 0 Å². The number of carbonyl (C=O) groups is 2. The summed E-state index contributed by atoms with van der Waals surface area (Å²) in [5.41, 5.74) is 7.52. The summed E-state index contributed by atoms with van der Waals surface area (Å²) in [6.07, 6.45) is 3.51. The lowest BCUT2D eigenvalue weighted by Crippen LogP contribution is -2.35. The van der Waals surface area contributed by atoms with Crippen LogP contribution in [-0.2, 0) is 16.3 Å². The average Bonchev–Trinajstić information content (AvgIpc) is 3.06. The monoisotopic (exact) mass is 370 g/mol. The van der Waals surface area contributed by atoms with Crippen molar-refractivity contribution in [3.63, 3.8) is 0 Å². The number of aryl methyl sites for hydroxylation is 2. The highest BCUT2D eigenvalue weighted by atomic mass is 35.5. The van der Waals surface area contributed by atoms with Crippen molar-refractivity contribution >= 4 is 40.7 Å². The van der Waals surface area contributed by atoms with Gasteiger partial charge in [-0.3, -0.25) is 19.2 Å². The van der Waals surface area contributed by atoms with Crippen molar-refractivity contribution in [2.75, 3.05) is 16.7 Å². The molecule has 0 aliphatic carbocycles. The van der Waals surface area contributed by atoms with Gasteiger partial charge in [0.15, 0.2) is 0 Å². The number of anilines is 1. The number of rotatable bonds is 5. The molecule has 2 rings (SSSR count). The number of halogens is 2. The van der Waals surface area contributed by atoms with E-state index in [-0.39, 0.29) is 17.7 Å². The Hall–Kier alpha value is -2.05. The summed E-state index contributed by atoms with van der Waals surface area (Å²) in [6.45, 7) is 4.34. The maximum Gasteiger partial charge on any atom is 0.243 e. The molecule has 0 fully saturated rings. The van der Waals surface area contributed by atoms with E-state index in [1.807, 2.05) is 44.3 Å². The minimum Gasteiger partial charge on any atom is -0.369 e. The highest BCUT2D eigenvalue weighted by Crippen LogP contribution is 2.25. The van der Waals surface area contributed by atoms with Crippen LogP contribution in [-0.4, -0.2) is 33.4 Å². The number of carbonyl (C=O) groups excluding carboxylic acids is 2. The fourth-order valence-electron chi connectivity index (χ4n) is 2.11. The number of nitrogens with zero attached hydrogens (tertiary/aromatic N) is 3. The van der Waals surface area contributed by atoms with Crippen molar-refractivity contribution in [3.8, 4) is 0 Å². The van der Waals surface area contributed by atoms with Gasteiger partial charge in [-0.1, -0.05) is 18.2 Å². The van der Waals surface area contributed by atoms with E-state index >= 15 is 0 Å². The van der Waals surface area contributed by atoms with Gasteiger partial charge in [0.2, 0.25) is 11.8 Å². The van der Waals surface area contributed by atoms with E-state index in [2.05, 4.69) is 10.8 Å². The first-order valence-electron chi connectivity index (χ1n) is 7.15. The van der Waals surface area contributed by atoms with Crippen LogP contribution in [0.1, 0.15) is 11.1 Å². The van der Waals surface area contributed by atoms with Gasteiger partial charge in [0.25, 0.3) is 0 Å². The van der Waals surface area contributed by atoms with Crippen LogP contribution in [0.5, 0.6) is 0 Å². The predicted octanol–water partition coefficient (Wildman–Crippen LogP) is 2.44. The topological polar surface area (TPSA) is 81.2 Å². The predicted molar refractivity (Wildman–Crippen MR) is 96.3 cm³/mol. The third-order valence-corrected chi connectivity index (χ3v) is 3.59. The van der Waals surface area contributed by atoms with Gasteiger partial charge in [0.05, 0.1) is 5.69 Å². The average molecular weight is 371 g/mol. The molecule has 1 aromatic carbocycles. The lowest BCUT2D eigenvalue weighted by atomic mass is 10.1. The zero-order valence-corrected chi connectivity index (χ0v) is 15.1. The van der Waals surface area contributed by atoms with Gasteiger partial charge in [-0.25, -0.2) is 0 Å². The summed E-state index contributed by atoms with van der Waals surface area (Å²) in [4.78, 5) is 23.2. The summed E-state index contributed by atoms with van der Waals surface area (Å²) < 4.78 is 1.70. The second-order valence-electron chi connectivity index (χ2n) is 4.98. The second kappa shape index (κ2) is 9.95. The molecule has 0 unspecified atom stereocenters. The van der Waals surface area contributed by atoms with Crippen molar-refractivity contribution in [1.82, 2.24) is 9.78 Å². The standard InChI is InChI=1S/C14H16ClN3O.C2H4ClNO/c1-11-5-3-6-12(2)14(11)18(13(19)9-15)10-17-8-4-7-16-17;3-1-2(4)5/h3-8H,9-10H2,1-2H3;1H2,(H2,4,5). The van der Waals surface area contributed by atoms with Crippen LogP contribution in [0.15, 0.2) is 36.7 Å². The minimum absolute atomic E-state index is 0.0466. The van der Waals surface area contributed by atoms with Crippen LogP contribution in [0.4, 0.5) is 5.69 Å². The molecule has 2 amide bonds. The fourth-order valence-corrected chi connectivity index (χ4v) is 2.25. The Balaban J connectivity index is 0.000000505. The molecule has 0 spiro atoms. The first kappa shape index (κ1) is 20.0. The molecule has 2 aromatic rings. The molecular formula is C16H20Cl2N4O2. The molecule has 1 heterocycles. The number of aromatic nitrogens is 2. The van der Waals surface area contributed by atoms with Crippen molar-refractivity contribution in [2.24, 2.45) is 5.73 Å². The smallest absolute Gasteiger partial charge is 0.243 e. The molecule has 130 valence electrons. The summed E-state index contributed by atoms with van der Waals surface area (Å²) in [7, 11) is 0. The maximum absolute atomic E-state index is 12.1. The molecule has 2 N–H and O–H groups in total. The number of para-hydroxylation sites is 1. The molecule has 0 atom stereocenters. The van der Waals surface area contributed by atoms with E-state index in [0.29, 0.717) is 6.67 Å². The van der Waals surface area contributed by atoms with Crippen LogP contribution >= 0.6 is 23.2 Å². The van der Waals surface area contributed by atoms with Gasteiger partial charge in [0, 0.05) is 12.4 Å². The first-order chi connectivity index (χ1) is 11.4. The number of hydrogen-bond acceptors (Lipinski definition) is 3. The SMILES string of the molecule is Cc1cccc(C)c1N(Cn1cccn1)C(=O)CCl.NC(=O)CCl. The van der Waals surface area contributed by atoms with Crippen LogP contribution < -0.4 is 10.6 Å². The molecule has 1 aromatic heterocycles. The van der Waals surface area contributed by atoms with Crippen molar-refractivity contribution in [2.45, 2.75) is 20.5 Å². The third-order valence-electron chi connectivity index (χ3n) is 3.10. The number of hydrogen-bond donors (Lipinski definition) is 1. The van der Waals surface area contributed by atoms with Crippen LogP contribution in [0.3, 0.4) is 0 Å². The normalized spacial score (nSPS) is 9.83. The van der Waals surface area contributed by atoms with E-state index < -0.39 is 5.91 Å². The molecule has 0 saturated carbocycles. The number of primary amides is 1. The van der Waals surface area contributed by atoms with Crippen LogP contribution in [0.25, 0.3) is 0 Å². The molecule has 24 heavy (non-hydrogen) atoms. The van der Waals surface area contributed by atoms with Gasteiger partial charge in [-0.15, -0.1) is 23.2 Å². The summed E-state index contributed by atoms with van der Waals surface area (Å²) in [5, 5.41) is 4.14.